The van der Waals surface area contributed by atoms with Gasteiger partial charge in [0.2, 0.25) is 5.91 Å². The maximum Gasteiger partial charge on any atom is 0.271 e. The first-order valence-corrected chi connectivity index (χ1v) is 12.4. The van der Waals surface area contributed by atoms with Gasteiger partial charge in [0.1, 0.15) is 5.69 Å². The minimum Gasteiger partial charge on any atom is -0.345 e. The zero-order chi connectivity index (χ0) is 20.4. The van der Waals surface area contributed by atoms with Crippen LogP contribution < -0.4 is 5.32 Å². The summed E-state index contributed by atoms with van der Waals surface area (Å²) in [5.74, 6) is 1.72. The van der Waals surface area contributed by atoms with Crippen molar-refractivity contribution in [2.24, 2.45) is 11.8 Å². The standard InChI is InChI=1S/C23H35N3O2S/c1-16(2)14-20(27)26-12-8-17(9-13-26)22-24-19(15-29-22)21(28)25-23(10-11-23)18-6-4-3-5-7-18/h15-18H,3-14H2,1-2H3,(H,25,28). The van der Waals surface area contributed by atoms with E-state index in [1.54, 1.807) is 11.3 Å². The van der Waals surface area contributed by atoms with E-state index >= 15 is 0 Å². The van der Waals surface area contributed by atoms with Gasteiger partial charge in [-0.15, -0.1) is 11.3 Å². The summed E-state index contributed by atoms with van der Waals surface area (Å²) in [7, 11) is 0. The molecule has 1 aromatic heterocycles. The minimum absolute atomic E-state index is 0.0140. The normalized spacial score (nSPS) is 22.7. The van der Waals surface area contributed by atoms with E-state index in [0.29, 0.717) is 29.9 Å². The number of carbonyl (C=O) groups is 2. The fourth-order valence-corrected chi connectivity index (χ4v) is 6.12. The van der Waals surface area contributed by atoms with Crippen LogP contribution in [0.5, 0.6) is 0 Å². The van der Waals surface area contributed by atoms with Crippen LogP contribution in [-0.4, -0.2) is 40.3 Å². The average molecular weight is 418 g/mol. The molecule has 2 saturated carbocycles. The Bertz CT molecular complexity index is 726. The number of hydrogen-bond acceptors (Lipinski definition) is 4. The van der Waals surface area contributed by atoms with Crippen LogP contribution in [0.1, 0.15) is 99.5 Å². The van der Waals surface area contributed by atoms with Crippen LogP contribution in [-0.2, 0) is 4.79 Å². The molecule has 1 saturated heterocycles. The lowest BCUT2D eigenvalue weighted by Crippen LogP contribution is -2.43. The molecule has 6 heteroatoms. The van der Waals surface area contributed by atoms with Crippen molar-refractivity contribution in [1.29, 1.82) is 0 Å². The lowest BCUT2D eigenvalue weighted by Gasteiger charge is -2.31. The fourth-order valence-electron chi connectivity index (χ4n) is 5.15. The maximum absolute atomic E-state index is 12.9. The first kappa shape index (κ1) is 20.8. The molecule has 1 aromatic rings. The third-order valence-corrected chi connectivity index (χ3v) is 8.08. The van der Waals surface area contributed by atoms with Crippen LogP contribution >= 0.6 is 11.3 Å². The van der Waals surface area contributed by atoms with Crippen LogP contribution in [0.4, 0.5) is 0 Å². The van der Waals surface area contributed by atoms with Gasteiger partial charge in [0, 0.05) is 36.3 Å². The van der Waals surface area contributed by atoms with E-state index in [-0.39, 0.29) is 17.4 Å². The van der Waals surface area contributed by atoms with E-state index in [9.17, 15) is 9.59 Å². The van der Waals surface area contributed by atoms with Crippen LogP contribution in [0.15, 0.2) is 5.38 Å². The van der Waals surface area contributed by atoms with Gasteiger partial charge in [-0.1, -0.05) is 33.1 Å². The number of hydrogen-bond donors (Lipinski definition) is 1. The number of nitrogens with zero attached hydrogens (tertiary/aromatic N) is 2. The zero-order valence-corrected chi connectivity index (χ0v) is 18.7. The minimum atomic E-state index is 0.0140. The van der Waals surface area contributed by atoms with Crippen LogP contribution in [0, 0.1) is 11.8 Å². The number of likely N-dealkylation sites (tertiary alicyclic amines) is 1. The van der Waals surface area contributed by atoms with Crippen molar-refractivity contribution in [3.63, 3.8) is 0 Å². The summed E-state index contributed by atoms with van der Waals surface area (Å²) in [6.07, 6.45) is 11.3. The Morgan fingerprint density at radius 1 is 1.17 bits per heavy atom. The lowest BCUT2D eigenvalue weighted by molar-refractivity contribution is -0.133. The number of amides is 2. The Kier molecular flexibility index (Phi) is 6.28. The topological polar surface area (TPSA) is 62.3 Å². The Morgan fingerprint density at radius 3 is 2.48 bits per heavy atom. The highest BCUT2D eigenvalue weighted by Gasteiger charge is 2.50. The molecule has 1 N–H and O–H groups in total. The second-order valence-electron chi connectivity index (χ2n) is 9.77. The summed E-state index contributed by atoms with van der Waals surface area (Å²) in [5, 5.41) is 6.35. The molecule has 0 aromatic carbocycles. The predicted octanol–water partition coefficient (Wildman–Crippen LogP) is 4.74. The molecule has 0 radical (unpaired) electrons. The second kappa shape index (κ2) is 8.75. The van der Waals surface area contributed by atoms with Gasteiger partial charge in [-0.25, -0.2) is 4.98 Å². The van der Waals surface area contributed by atoms with E-state index in [4.69, 9.17) is 4.98 Å². The highest BCUT2D eigenvalue weighted by atomic mass is 32.1. The van der Waals surface area contributed by atoms with Crippen molar-refractivity contribution in [3.8, 4) is 0 Å². The number of rotatable bonds is 6. The van der Waals surface area contributed by atoms with Gasteiger partial charge < -0.3 is 10.2 Å². The number of thiazole rings is 1. The lowest BCUT2D eigenvalue weighted by atomic mass is 9.82. The summed E-state index contributed by atoms with van der Waals surface area (Å²) in [6, 6.07) is 0. The molecular weight excluding hydrogens is 382 g/mol. The third-order valence-electron chi connectivity index (χ3n) is 7.07. The van der Waals surface area contributed by atoms with Crippen LogP contribution in [0.2, 0.25) is 0 Å². The summed E-state index contributed by atoms with van der Waals surface area (Å²) in [5.41, 5.74) is 0.647. The molecule has 0 bridgehead atoms. The monoisotopic (exact) mass is 417 g/mol. The van der Waals surface area contributed by atoms with Crippen molar-refractivity contribution in [2.45, 2.75) is 89.5 Å². The van der Waals surface area contributed by atoms with Crippen LogP contribution in [0.3, 0.4) is 0 Å². The molecule has 3 aliphatic rings. The van der Waals surface area contributed by atoms with Crippen molar-refractivity contribution in [2.75, 3.05) is 13.1 Å². The largest absolute Gasteiger partial charge is 0.345 e. The molecule has 0 spiro atoms. The van der Waals surface area contributed by atoms with Gasteiger partial charge in [0.15, 0.2) is 0 Å². The Balaban J connectivity index is 1.31. The molecule has 3 fully saturated rings. The van der Waals surface area contributed by atoms with E-state index in [1.165, 1.54) is 32.1 Å². The van der Waals surface area contributed by atoms with E-state index in [2.05, 4.69) is 19.2 Å². The smallest absolute Gasteiger partial charge is 0.271 e. The van der Waals surface area contributed by atoms with Gasteiger partial charge >= 0.3 is 0 Å². The molecule has 0 atom stereocenters. The first-order chi connectivity index (χ1) is 14.0. The highest BCUT2D eigenvalue weighted by Crippen LogP contribution is 2.48. The first-order valence-electron chi connectivity index (χ1n) is 11.5. The summed E-state index contributed by atoms with van der Waals surface area (Å²) in [4.78, 5) is 31.8. The number of nitrogens with one attached hydrogen (secondary N) is 1. The van der Waals surface area contributed by atoms with Gasteiger partial charge in [0.05, 0.1) is 5.01 Å². The summed E-state index contributed by atoms with van der Waals surface area (Å²) in [6.45, 7) is 5.80. The van der Waals surface area contributed by atoms with E-state index in [1.807, 2.05) is 10.3 Å². The van der Waals surface area contributed by atoms with Gasteiger partial charge in [-0.3, -0.25) is 9.59 Å². The molecule has 2 heterocycles. The Morgan fingerprint density at radius 2 is 1.86 bits per heavy atom. The SMILES string of the molecule is CC(C)CC(=O)N1CCC(c2nc(C(=O)NC3(C4CCCCC4)CC3)cs2)CC1. The van der Waals surface area contributed by atoms with Crippen molar-refractivity contribution in [1.82, 2.24) is 15.2 Å². The zero-order valence-electron chi connectivity index (χ0n) is 17.9. The van der Waals surface area contributed by atoms with Gasteiger partial charge in [0.25, 0.3) is 5.91 Å². The summed E-state index contributed by atoms with van der Waals surface area (Å²) < 4.78 is 0. The Hall–Kier alpha value is -1.43. The van der Waals surface area contributed by atoms with Crippen molar-refractivity contribution >= 4 is 23.2 Å². The fraction of sp³-hybridized carbons (Fsp3) is 0.783. The molecule has 0 unspecified atom stereocenters. The third kappa shape index (κ3) is 4.84. The maximum atomic E-state index is 12.9. The van der Waals surface area contributed by atoms with Crippen molar-refractivity contribution in [3.05, 3.63) is 16.1 Å². The number of carbonyl (C=O) groups excluding carboxylic acids is 2. The van der Waals surface area contributed by atoms with Crippen molar-refractivity contribution < 1.29 is 9.59 Å². The van der Waals surface area contributed by atoms with Gasteiger partial charge in [-0.2, -0.15) is 0 Å². The quantitative estimate of drug-likeness (QED) is 0.727. The second-order valence-corrected chi connectivity index (χ2v) is 10.7. The van der Waals surface area contributed by atoms with Gasteiger partial charge in [-0.05, 0) is 50.4 Å². The van der Waals surface area contributed by atoms with Crippen LogP contribution in [0.25, 0.3) is 0 Å². The molecule has 5 nitrogen and oxygen atoms in total. The molecule has 1 aliphatic heterocycles. The highest BCUT2D eigenvalue weighted by molar-refractivity contribution is 7.09. The molecule has 160 valence electrons. The number of aromatic nitrogens is 1. The summed E-state index contributed by atoms with van der Waals surface area (Å²) >= 11 is 1.61. The molecular formula is C23H35N3O2S. The van der Waals surface area contributed by atoms with E-state index < -0.39 is 0 Å². The van der Waals surface area contributed by atoms with E-state index in [0.717, 1.165) is 43.8 Å². The Labute approximate surface area is 178 Å². The number of piperidine rings is 1. The average Bonchev–Trinajstić information content (AvgIpc) is 3.33. The molecule has 2 aliphatic carbocycles. The predicted molar refractivity (Wildman–Crippen MR) is 116 cm³/mol. The molecule has 29 heavy (non-hydrogen) atoms. The molecule has 4 rings (SSSR count). The molecule has 2 amide bonds.